The molecule has 0 unspecified atom stereocenters. The number of hydrogen-bond acceptors (Lipinski definition) is 2. The van der Waals surface area contributed by atoms with E-state index in [2.05, 4.69) is 53.1 Å². The zero-order valence-electron chi connectivity index (χ0n) is 12.7. The molecule has 0 radical (unpaired) electrons. The maximum Gasteiger partial charge on any atom is 0.240 e. The van der Waals surface area contributed by atoms with Gasteiger partial charge in [-0.15, -0.1) is 0 Å². The number of hydrogen-bond donors (Lipinski definition) is 2. The molecule has 0 aromatic rings. The van der Waals surface area contributed by atoms with Crippen LogP contribution in [0.25, 0.3) is 0 Å². The lowest BCUT2D eigenvalue weighted by molar-refractivity contribution is -0.123. The van der Waals surface area contributed by atoms with E-state index in [0.717, 1.165) is 37.5 Å². The van der Waals surface area contributed by atoms with Crippen LogP contribution in [0.2, 0.25) is 0 Å². The van der Waals surface area contributed by atoms with E-state index in [9.17, 15) is 4.79 Å². The van der Waals surface area contributed by atoms with Crippen LogP contribution in [0.1, 0.15) is 52.4 Å². The van der Waals surface area contributed by atoms with Crippen molar-refractivity contribution in [1.82, 2.24) is 10.6 Å². The van der Waals surface area contributed by atoms with Gasteiger partial charge in [0, 0.05) is 5.70 Å². The molecule has 20 heavy (non-hydrogen) atoms. The molecule has 2 N–H and O–H groups in total. The minimum Gasteiger partial charge on any atom is -0.329 e. The number of rotatable bonds is 3. The summed E-state index contributed by atoms with van der Waals surface area (Å²) in [6.45, 7) is 6.27. The van der Waals surface area contributed by atoms with Crippen molar-refractivity contribution in [3.8, 4) is 0 Å². The number of amides is 1. The van der Waals surface area contributed by atoms with Crippen LogP contribution in [0.3, 0.4) is 0 Å². The highest BCUT2D eigenvalue weighted by molar-refractivity contribution is 14.1. The molecule has 0 aromatic carbocycles. The first-order valence-electron chi connectivity index (χ1n) is 7.92. The SMILES string of the molecule is C/C=C(/NC(=O)C1(I)CCNCC1)[C@H]1CCC[C@@H](C)C1. The molecule has 0 aromatic heterocycles. The average Bonchev–Trinajstić information content (AvgIpc) is 2.45. The molecule has 0 bridgehead atoms. The fourth-order valence-corrected chi connectivity index (χ4v) is 4.09. The Kier molecular flexibility index (Phi) is 5.90. The molecule has 2 fully saturated rings. The molecule has 3 nitrogen and oxygen atoms in total. The summed E-state index contributed by atoms with van der Waals surface area (Å²) in [6, 6.07) is 0. The summed E-state index contributed by atoms with van der Waals surface area (Å²) in [6.07, 6.45) is 9.04. The zero-order valence-corrected chi connectivity index (χ0v) is 14.8. The summed E-state index contributed by atoms with van der Waals surface area (Å²) in [4.78, 5) is 12.6. The highest BCUT2D eigenvalue weighted by atomic mass is 127. The Morgan fingerprint density at radius 2 is 2.05 bits per heavy atom. The first-order chi connectivity index (χ1) is 9.55. The van der Waals surface area contributed by atoms with Crippen LogP contribution < -0.4 is 10.6 Å². The Labute approximate surface area is 136 Å². The van der Waals surface area contributed by atoms with Gasteiger partial charge in [0.2, 0.25) is 5.91 Å². The Bertz CT molecular complexity index is 375. The molecule has 1 aliphatic heterocycles. The summed E-state index contributed by atoms with van der Waals surface area (Å²) < 4.78 is -0.225. The fraction of sp³-hybridized carbons (Fsp3) is 0.812. The standard InChI is InChI=1S/C16H27IN2O/c1-3-14(13-6-4-5-12(2)11-13)19-15(20)16(17)7-9-18-10-8-16/h3,12-13,18H,4-11H2,1-2H3,(H,19,20)/b14-3+/t12-,13+/m1/s1. The molecular weight excluding hydrogens is 363 g/mol. The lowest BCUT2D eigenvalue weighted by Gasteiger charge is -2.34. The van der Waals surface area contributed by atoms with Gasteiger partial charge in [-0.25, -0.2) is 0 Å². The molecule has 1 aliphatic carbocycles. The quantitative estimate of drug-likeness (QED) is 0.573. The highest BCUT2D eigenvalue weighted by Gasteiger charge is 2.37. The smallest absolute Gasteiger partial charge is 0.240 e. The number of nitrogens with one attached hydrogen (secondary N) is 2. The maximum absolute atomic E-state index is 12.6. The van der Waals surface area contributed by atoms with Crippen LogP contribution in [0.15, 0.2) is 11.8 Å². The van der Waals surface area contributed by atoms with E-state index in [4.69, 9.17) is 0 Å². The number of carbonyl (C=O) groups is 1. The monoisotopic (exact) mass is 390 g/mol. The van der Waals surface area contributed by atoms with Crippen LogP contribution in [-0.4, -0.2) is 22.4 Å². The van der Waals surface area contributed by atoms with Crippen LogP contribution in [-0.2, 0) is 4.79 Å². The Balaban J connectivity index is 1.97. The van der Waals surface area contributed by atoms with Gasteiger partial charge in [-0.2, -0.15) is 0 Å². The lowest BCUT2D eigenvalue weighted by atomic mass is 9.80. The van der Waals surface area contributed by atoms with Gasteiger partial charge in [0.25, 0.3) is 0 Å². The lowest BCUT2D eigenvalue weighted by Crippen LogP contribution is -2.49. The molecule has 2 aliphatic rings. The van der Waals surface area contributed by atoms with E-state index in [1.807, 2.05) is 0 Å². The normalized spacial score (nSPS) is 30.9. The third kappa shape index (κ3) is 3.97. The number of piperidine rings is 1. The van der Waals surface area contributed by atoms with Crippen LogP contribution in [0, 0.1) is 11.8 Å². The first kappa shape index (κ1) is 16.3. The number of allylic oxidation sites excluding steroid dienone is 2. The molecule has 1 saturated heterocycles. The van der Waals surface area contributed by atoms with Gasteiger partial charge in [0.1, 0.15) is 3.42 Å². The minimum atomic E-state index is -0.225. The molecular formula is C16H27IN2O. The van der Waals surface area contributed by atoms with Gasteiger partial charge in [-0.05, 0) is 57.5 Å². The summed E-state index contributed by atoms with van der Waals surface area (Å²) in [5, 5.41) is 6.59. The fourth-order valence-electron chi connectivity index (χ4n) is 3.42. The molecule has 4 heteroatoms. The zero-order chi connectivity index (χ0) is 14.6. The van der Waals surface area contributed by atoms with E-state index in [-0.39, 0.29) is 9.33 Å². The highest BCUT2D eigenvalue weighted by Crippen LogP contribution is 2.34. The largest absolute Gasteiger partial charge is 0.329 e. The van der Waals surface area contributed by atoms with Gasteiger partial charge >= 0.3 is 0 Å². The van der Waals surface area contributed by atoms with Crippen LogP contribution in [0.4, 0.5) is 0 Å². The molecule has 1 saturated carbocycles. The van der Waals surface area contributed by atoms with E-state index >= 15 is 0 Å². The average molecular weight is 390 g/mol. The van der Waals surface area contributed by atoms with Crippen molar-refractivity contribution in [3.63, 3.8) is 0 Å². The summed E-state index contributed by atoms with van der Waals surface area (Å²) in [5.41, 5.74) is 1.16. The second-order valence-corrected chi connectivity index (χ2v) is 8.45. The van der Waals surface area contributed by atoms with E-state index in [1.54, 1.807) is 0 Å². The van der Waals surface area contributed by atoms with Crippen molar-refractivity contribution in [3.05, 3.63) is 11.8 Å². The van der Waals surface area contributed by atoms with Crippen molar-refractivity contribution >= 4 is 28.5 Å². The maximum atomic E-state index is 12.6. The number of alkyl halides is 1. The summed E-state index contributed by atoms with van der Waals surface area (Å²) in [7, 11) is 0. The third-order valence-corrected chi connectivity index (χ3v) is 6.32. The predicted octanol–water partition coefficient (Wildman–Crippen LogP) is 3.39. The molecule has 1 amide bonds. The second-order valence-electron chi connectivity index (χ2n) is 6.38. The predicted molar refractivity (Wildman–Crippen MR) is 91.9 cm³/mol. The van der Waals surface area contributed by atoms with Gasteiger partial charge in [-0.1, -0.05) is 48.4 Å². The number of carbonyl (C=O) groups excluding carboxylic acids is 1. The molecule has 2 atom stereocenters. The van der Waals surface area contributed by atoms with E-state index in [1.165, 1.54) is 25.7 Å². The molecule has 0 spiro atoms. The third-order valence-electron chi connectivity index (χ3n) is 4.75. The topological polar surface area (TPSA) is 41.1 Å². The van der Waals surface area contributed by atoms with Gasteiger partial charge in [0.05, 0.1) is 0 Å². The number of halogens is 1. The van der Waals surface area contributed by atoms with E-state index < -0.39 is 0 Å². The minimum absolute atomic E-state index is 0.214. The van der Waals surface area contributed by atoms with Crippen molar-refractivity contribution in [2.75, 3.05) is 13.1 Å². The molecule has 2 rings (SSSR count). The summed E-state index contributed by atoms with van der Waals surface area (Å²) >= 11 is 2.36. The molecule has 1 heterocycles. The first-order valence-corrected chi connectivity index (χ1v) is 9.00. The van der Waals surface area contributed by atoms with Crippen molar-refractivity contribution in [2.45, 2.75) is 55.8 Å². The van der Waals surface area contributed by atoms with Crippen LogP contribution in [0.5, 0.6) is 0 Å². The van der Waals surface area contributed by atoms with Gasteiger partial charge in [0.15, 0.2) is 0 Å². The Morgan fingerprint density at radius 1 is 1.35 bits per heavy atom. The Hall–Kier alpha value is -0.100. The van der Waals surface area contributed by atoms with Crippen LogP contribution >= 0.6 is 22.6 Å². The van der Waals surface area contributed by atoms with E-state index in [0.29, 0.717) is 5.92 Å². The van der Waals surface area contributed by atoms with Gasteiger partial charge < -0.3 is 10.6 Å². The molecule has 114 valence electrons. The Morgan fingerprint density at radius 3 is 2.65 bits per heavy atom. The van der Waals surface area contributed by atoms with Crippen molar-refractivity contribution in [1.29, 1.82) is 0 Å². The second kappa shape index (κ2) is 7.25. The van der Waals surface area contributed by atoms with Crippen molar-refractivity contribution < 1.29 is 4.79 Å². The van der Waals surface area contributed by atoms with Gasteiger partial charge in [-0.3, -0.25) is 4.79 Å². The summed E-state index contributed by atoms with van der Waals surface area (Å²) in [5.74, 6) is 1.55. The van der Waals surface area contributed by atoms with Crippen molar-refractivity contribution in [2.24, 2.45) is 11.8 Å².